The topological polar surface area (TPSA) is 34.4 Å². The van der Waals surface area contributed by atoms with Crippen molar-refractivity contribution in [1.29, 1.82) is 0 Å². The predicted molar refractivity (Wildman–Crippen MR) is 63.9 cm³/mol. The Labute approximate surface area is 99.3 Å². The number of hydrogen-bond donors (Lipinski definition) is 1. The molecular formula is C11H18BrNO2. The van der Waals surface area contributed by atoms with Gasteiger partial charge in [0, 0.05) is 7.11 Å². The van der Waals surface area contributed by atoms with Gasteiger partial charge in [0.2, 0.25) is 0 Å². The van der Waals surface area contributed by atoms with E-state index in [0.29, 0.717) is 0 Å². The molecule has 0 spiro atoms. The van der Waals surface area contributed by atoms with Crippen LogP contribution in [0.25, 0.3) is 0 Å². The standard InChI is InChI=1S/C11H18BrNO2/c1-8(14-3)4-5-10(13-2)11-9(12)6-7-15-11/h6-8,10,13H,4-5H2,1-3H3. The Balaban J connectivity index is 2.53. The Bertz CT molecular complexity index is 288. The average Bonchev–Trinajstić information content (AvgIpc) is 2.65. The van der Waals surface area contributed by atoms with Crippen LogP contribution in [0.3, 0.4) is 0 Å². The lowest BCUT2D eigenvalue weighted by Crippen LogP contribution is -2.18. The van der Waals surface area contributed by atoms with Crippen molar-refractivity contribution in [3.63, 3.8) is 0 Å². The molecule has 0 bridgehead atoms. The first-order valence-corrected chi connectivity index (χ1v) is 5.91. The third-order valence-electron chi connectivity index (χ3n) is 2.57. The molecule has 0 saturated carbocycles. The third-order valence-corrected chi connectivity index (χ3v) is 3.23. The van der Waals surface area contributed by atoms with Gasteiger partial charge in [-0.25, -0.2) is 0 Å². The fourth-order valence-electron chi connectivity index (χ4n) is 1.48. The van der Waals surface area contributed by atoms with Crippen molar-refractivity contribution in [3.05, 3.63) is 22.6 Å². The van der Waals surface area contributed by atoms with Gasteiger partial charge in [-0.2, -0.15) is 0 Å². The summed E-state index contributed by atoms with van der Waals surface area (Å²) in [6.07, 6.45) is 3.99. The first kappa shape index (κ1) is 12.7. The zero-order valence-electron chi connectivity index (χ0n) is 9.42. The van der Waals surface area contributed by atoms with Crippen LogP contribution in [0, 0.1) is 0 Å². The highest BCUT2D eigenvalue weighted by molar-refractivity contribution is 9.10. The van der Waals surface area contributed by atoms with Crippen LogP contribution in [0.4, 0.5) is 0 Å². The van der Waals surface area contributed by atoms with Crippen LogP contribution in [0.5, 0.6) is 0 Å². The largest absolute Gasteiger partial charge is 0.466 e. The molecule has 0 aliphatic heterocycles. The van der Waals surface area contributed by atoms with Crippen LogP contribution in [-0.4, -0.2) is 20.3 Å². The highest BCUT2D eigenvalue weighted by Gasteiger charge is 2.16. The summed E-state index contributed by atoms with van der Waals surface area (Å²) in [5.41, 5.74) is 0. The molecule has 1 aromatic heterocycles. The molecule has 0 aromatic carbocycles. The summed E-state index contributed by atoms with van der Waals surface area (Å²) in [5, 5.41) is 3.25. The lowest BCUT2D eigenvalue weighted by molar-refractivity contribution is 0.105. The first-order chi connectivity index (χ1) is 7.19. The molecule has 0 fully saturated rings. The summed E-state index contributed by atoms with van der Waals surface area (Å²) < 4.78 is 11.7. The van der Waals surface area contributed by atoms with E-state index in [1.807, 2.05) is 13.1 Å². The van der Waals surface area contributed by atoms with Gasteiger partial charge in [0.1, 0.15) is 5.76 Å². The van der Waals surface area contributed by atoms with Gasteiger partial charge in [-0.3, -0.25) is 0 Å². The number of halogens is 1. The number of ether oxygens (including phenoxy) is 1. The average molecular weight is 276 g/mol. The second-order valence-electron chi connectivity index (χ2n) is 3.60. The number of methoxy groups -OCH3 is 1. The van der Waals surface area contributed by atoms with Gasteiger partial charge >= 0.3 is 0 Å². The maximum atomic E-state index is 5.43. The van der Waals surface area contributed by atoms with Crippen LogP contribution in [0.15, 0.2) is 21.2 Å². The van der Waals surface area contributed by atoms with Crippen molar-refractivity contribution in [1.82, 2.24) is 5.32 Å². The zero-order valence-corrected chi connectivity index (χ0v) is 11.0. The first-order valence-electron chi connectivity index (χ1n) is 5.12. The molecule has 15 heavy (non-hydrogen) atoms. The highest BCUT2D eigenvalue weighted by atomic mass is 79.9. The van der Waals surface area contributed by atoms with E-state index in [9.17, 15) is 0 Å². The van der Waals surface area contributed by atoms with E-state index in [4.69, 9.17) is 9.15 Å². The van der Waals surface area contributed by atoms with E-state index < -0.39 is 0 Å². The van der Waals surface area contributed by atoms with E-state index in [0.717, 1.165) is 23.1 Å². The van der Waals surface area contributed by atoms with Gasteiger partial charge in [-0.05, 0) is 48.8 Å². The van der Waals surface area contributed by atoms with Crippen LogP contribution in [0.2, 0.25) is 0 Å². The summed E-state index contributed by atoms with van der Waals surface area (Å²) >= 11 is 3.47. The van der Waals surface area contributed by atoms with Gasteiger partial charge in [0.15, 0.2) is 0 Å². The lowest BCUT2D eigenvalue weighted by Gasteiger charge is -2.16. The van der Waals surface area contributed by atoms with Crippen molar-refractivity contribution in [2.75, 3.05) is 14.2 Å². The normalized spacial score (nSPS) is 15.2. The fourth-order valence-corrected chi connectivity index (χ4v) is 1.96. The second kappa shape index (κ2) is 6.30. The quantitative estimate of drug-likeness (QED) is 0.866. The summed E-state index contributed by atoms with van der Waals surface area (Å²) in [7, 11) is 3.68. The molecule has 1 heterocycles. The van der Waals surface area contributed by atoms with Gasteiger partial charge < -0.3 is 14.5 Å². The van der Waals surface area contributed by atoms with E-state index >= 15 is 0 Å². The van der Waals surface area contributed by atoms with Gasteiger partial charge in [-0.15, -0.1) is 0 Å². The molecule has 86 valence electrons. The van der Waals surface area contributed by atoms with E-state index in [2.05, 4.69) is 28.2 Å². The molecule has 0 aliphatic carbocycles. The van der Waals surface area contributed by atoms with E-state index in [1.165, 1.54) is 0 Å². The molecule has 1 N–H and O–H groups in total. The molecular weight excluding hydrogens is 258 g/mol. The Morgan fingerprint density at radius 2 is 2.27 bits per heavy atom. The van der Waals surface area contributed by atoms with Crippen LogP contribution < -0.4 is 5.32 Å². The van der Waals surface area contributed by atoms with Crippen LogP contribution in [-0.2, 0) is 4.74 Å². The maximum Gasteiger partial charge on any atom is 0.134 e. The van der Waals surface area contributed by atoms with Gasteiger partial charge in [0.25, 0.3) is 0 Å². The third kappa shape index (κ3) is 3.63. The SMILES string of the molecule is CNC(CCC(C)OC)c1occc1Br. The van der Waals surface area contributed by atoms with E-state index in [1.54, 1.807) is 13.4 Å². The molecule has 0 amide bonds. The molecule has 0 aliphatic rings. The molecule has 1 rings (SSSR count). The summed E-state index contributed by atoms with van der Waals surface area (Å²) in [4.78, 5) is 0. The Hall–Kier alpha value is -0.320. The minimum absolute atomic E-state index is 0.243. The van der Waals surface area contributed by atoms with E-state index in [-0.39, 0.29) is 12.1 Å². The monoisotopic (exact) mass is 275 g/mol. The second-order valence-corrected chi connectivity index (χ2v) is 4.45. The number of rotatable bonds is 6. The maximum absolute atomic E-state index is 5.43. The fraction of sp³-hybridized carbons (Fsp3) is 0.636. The lowest BCUT2D eigenvalue weighted by atomic mass is 10.1. The van der Waals surface area contributed by atoms with Crippen molar-refractivity contribution in [3.8, 4) is 0 Å². The van der Waals surface area contributed by atoms with Crippen molar-refractivity contribution in [2.24, 2.45) is 0 Å². The molecule has 1 aromatic rings. The smallest absolute Gasteiger partial charge is 0.134 e. The Morgan fingerprint density at radius 3 is 2.73 bits per heavy atom. The van der Waals surface area contributed by atoms with Crippen LogP contribution >= 0.6 is 15.9 Å². The van der Waals surface area contributed by atoms with Crippen molar-refractivity contribution in [2.45, 2.75) is 31.9 Å². The van der Waals surface area contributed by atoms with Crippen molar-refractivity contribution < 1.29 is 9.15 Å². The summed E-state index contributed by atoms with van der Waals surface area (Å²) in [5.74, 6) is 0.959. The zero-order chi connectivity index (χ0) is 11.3. The van der Waals surface area contributed by atoms with Crippen LogP contribution in [0.1, 0.15) is 31.6 Å². The Morgan fingerprint density at radius 1 is 1.53 bits per heavy atom. The summed E-state index contributed by atoms with van der Waals surface area (Å²) in [6.45, 7) is 2.07. The molecule has 3 nitrogen and oxygen atoms in total. The van der Waals surface area contributed by atoms with Crippen molar-refractivity contribution >= 4 is 15.9 Å². The molecule has 0 radical (unpaired) electrons. The Kier molecular flexibility index (Phi) is 5.36. The predicted octanol–water partition coefficient (Wildman–Crippen LogP) is 3.12. The van der Waals surface area contributed by atoms with Gasteiger partial charge in [0.05, 0.1) is 22.9 Å². The molecule has 4 heteroatoms. The van der Waals surface area contributed by atoms with Gasteiger partial charge in [-0.1, -0.05) is 0 Å². The molecule has 2 atom stereocenters. The highest BCUT2D eigenvalue weighted by Crippen LogP contribution is 2.27. The number of nitrogens with one attached hydrogen (secondary N) is 1. The number of hydrogen-bond acceptors (Lipinski definition) is 3. The molecule has 2 unspecified atom stereocenters. The number of furan rings is 1. The summed E-state index contributed by atoms with van der Waals surface area (Å²) in [6, 6.07) is 2.16. The minimum atomic E-state index is 0.243. The molecule has 0 saturated heterocycles. The minimum Gasteiger partial charge on any atom is -0.466 e.